The smallest absolute Gasteiger partial charge is 0.244 e. The largest absolute Gasteiger partial charge is 0.344 e. The minimum absolute atomic E-state index is 0.0448. The van der Waals surface area contributed by atoms with Gasteiger partial charge in [-0.3, -0.25) is 9.59 Å². The maximum absolute atomic E-state index is 11.9. The molecular weight excluding hydrogens is 218 g/mol. The van der Waals surface area contributed by atoms with E-state index in [0.29, 0.717) is 6.54 Å². The third-order valence-electron chi connectivity index (χ3n) is 3.21. The van der Waals surface area contributed by atoms with Crippen molar-refractivity contribution in [3.8, 4) is 0 Å². The quantitative estimate of drug-likeness (QED) is 0.734. The predicted octanol–water partition coefficient (Wildman–Crippen LogP) is 0.112. The summed E-state index contributed by atoms with van der Waals surface area (Å²) in [6, 6.07) is -0.581. The van der Waals surface area contributed by atoms with Crippen molar-refractivity contribution in [1.82, 2.24) is 15.5 Å². The van der Waals surface area contributed by atoms with Crippen LogP contribution in [0.5, 0.6) is 0 Å². The van der Waals surface area contributed by atoms with Crippen LogP contribution in [-0.2, 0) is 9.59 Å². The minimum Gasteiger partial charge on any atom is -0.344 e. The van der Waals surface area contributed by atoms with E-state index in [2.05, 4.69) is 10.6 Å². The summed E-state index contributed by atoms with van der Waals surface area (Å²) in [5.41, 5.74) is 0. The van der Waals surface area contributed by atoms with Gasteiger partial charge in [0.05, 0.1) is 6.04 Å². The topological polar surface area (TPSA) is 61.4 Å². The Bertz CT molecular complexity index is 275. The lowest BCUT2D eigenvalue weighted by molar-refractivity contribution is -0.135. The number of amides is 2. The van der Waals surface area contributed by atoms with E-state index in [1.54, 1.807) is 18.9 Å². The predicted molar refractivity (Wildman–Crippen MR) is 66.6 cm³/mol. The highest BCUT2D eigenvalue weighted by Gasteiger charge is 2.24. The van der Waals surface area contributed by atoms with Gasteiger partial charge in [0.25, 0.3) is 0 Å². The highest BCUT2D eigenvalue weighted by Crippen LogP contribution is 2.07. The minimum atomic E-state index is -0.448. The van der Waals surface area contributed by atoms with Gasteiger partial charge in [-0.05, 0) is 33.2 Å². The Morgan fingerprint density at radius 3 is 2.71 bits per heavy atom. The van der Waals surface area contributed by atoms with E-state index in [1.165, 1.54) is 0 Å². The molecule has 0 saturated carbocycles. The molecule has 1 fully saturated rings. The Morgan fingerprint density at radius 2 is 2.18 bits per heavy atom. The molecule has 98 valence electrons. The molecule has 0 aliphatic carbocycles. The maximum atomic E-state index is 11.9. The molecule has 1 unspecified atom stereocenters. The van der Waals surface area contributed by atoms with Crippen molar-refractivity contribution in [3.05, 3.63) is 0 Å². The first-order chi connectivity index (χ1) is 8.06. The summed E-state index contributed by atoms with van der Waals surface area (Å²) in [7, 11) is 1.74. The molecule has 1 rings (SSSR count). The average molecular weight is 241 g/mol. The molecule has 0 bridgehead atoms. The Kier molecular flexibility index (Phi) is 5.41. The van der Waals surface area contributed by atoms with E-state index >= 15 is 0 Å². The fraction of sp³-hybridized carbons (Fsp3) is 0.833. The second-order valence-corrected chi connectivity index (χ2v) is 4.59. The first-order valence-corrected chi connectivity index (χ1v) is 6.35. The first kappa shape index (κ1) is 14.0. The lowest BCUT2D eigenvalue weighted by Gasteiger charge is -2.25. The standard InChI is InChI=1S/C12H23N3O2/c1-4-15(3)12(17)9(2)14-11(16)10-7-5-6-8-13-10/h9-10,13H,4-8H2,1-3H3,(H,14,16)/t9?,10-/m1/s1. The molecular formula is C12H23N3O2. The molecule has 5 heteroatoms. The number of likely N-dealkylation sites (N-methyl/N-ethyl adjacent to an activating group) is 1. The van der Waals surface area contributed by atoms with Crippen molar-refractivity contribution in [3.63, 3.8) is 0 Å². The van der Waals surface area contributed by atoms with Crippen LogP contribution >= 0.6 is 0 Å². The van der Waals surface area contributed by atoms with Gasteiger partial charge in [-0.15, -0.1) is 0 Å². The van der Waals surface area contributed by atoms with Crippen molar-refractivity contribution < 1.29 is 9.59 Å². The third-order valence-corrected chi connectivity index (χ3v) is 3.21. The highest BCUT2D eigenvalue weighted by molar-refractivity contribution is 5.89. The molecule has 17 heavy (non-hydrogen) atoms. The van der Waals surface area contributed by atoms with Crippen LogP contribution in [0, 0.1) is 0 Å². The Morgan fingerprint density at radius 1 is 1.47 bits per heavy atom. The zero-order valence-electron chi connectivity index (χ0n) is 11.0. The van der Waals surface area contributed by atoms with Crippen LogP contribution in [0.2, 0.25) is 0 Å². The highest BCUT2D eigenvalue weighted by atomic mass is 16.2. The van der Waals surface area contributed by atoms with E-state index < -0.39 is 6.04 Å². The molecule has 5 nitrogen and oxygen atoms in total. The van der Waals surface area contributed by atoms with Gasteiger partial charge >= 0.3 is 0 Å². The van der Waals surface area contributed by atoms with Crippen LogP contribution in [0.15, 0.2) is 0 Å². The van der Waals surface area contributed by atoms with Gasteiger partial charge in [0.1, 0.15) is 6.04 Å². The number of piperidine rings is 1. The second-order valence-electron chi connectivity index (χ2n) is 4.59. The zero-order valence-corrected chi connectivity index (χ0v) is 11.0. The molecule has 2 N–H and O–H groups in total. The third kappa shape index (κ3) is 4.00. The lowest BCUT2D eigenvalue weighted by atomic mass is 10.0. The number of rotatable bonds is 4. The van der Waals surface area contributed by atoms with Gasteiger partial charge in [0.2, 0.25) is 11.8 Å². The molecule has 0 radical (unpaired) electrons. The van der Waals surface area contributed by atoms with E-state index in [1.807, 2.05) is 6.92 Å². The van der Waals surface area contributed by atoms with Gasteiger partial charge in [-0.25, -0.2) is 0 Å². The summed E-state index contributed by atoms with van der Waals surface area (Å²) in [4.78, 5) is 25.3. The Balaban J connectivity index is 2.41. The van der Waals surface area contributed by atoms with Crippen molar-refractivity contribution in [2.45, 2.75) is 45.2 Å². The lowest BCUT2D eigenvalue weighted by Crippen LogP contribution is -2.52. The fourth-order valence-electron chi connectivity index (χ4n) is 1.94. The zero-order chi connectivity index (χ0) is 12.8. The summed E-state index contributed by atoms with van der Waals surface area (Å²) in [6.45, 7) is 5.18. The number of nitrogens with one attached hydrogen (secondary N) is 2. The number of nitrogens with zero attached hydrogens (tertiary/aromatic N) is 1. The van der Waals surface area contributed by atoms with Crippen molar-refractivity contribution in [2.24, 2.45) is 0 Å². The molecule has 0 aromatic heterocycles. The van der Waals surface area contributed by atoms with Crippen LogP contribution in [0.25, 0.3) is 0 Å². The van der Waals surface area contributed by atoms with Crippen LogP contribution in [0.3, 0.4) is 0 Å². The molecule has 1 heterocycles. The number of hydrogen-bond acceptors (Lipinski definition) is 3. The molecule has 0 aromatic carbocycles. The van der Waals surface area contributed by atoms with Gasteiger partial charge < -0.3 is 15.5 Å². The van der Waals surface area contributed by atoms with Gasteiger partial charge in [-0.2, -0.15) is 0 Å². The molecule has 2 amide bonds. The van der Waals surface area contributed by atoms with E-state index in [-0.39, 0.29) is 17.9 Å². The van der Waals surface area contributed by atoms with Gasteiger partial charge in [0, 0.05) is 13.6 Å². The van der Waals surface area contributed by atoms with Crippen molar-refractivity contribution in [2.75, 3.05) is 20.1 Å². The van der Waals surface area contributed by atoms with Crippen LogP contribution < -0.4 is 10.6 Å². The molecule has 0 spiro atoms. The summed E-state index contributed by atoms with van der Waals surface area (Å²) in [5.74, 6) is -0.105. The number of hydrogen-bond donors (Lipinski definition) is 2. The van der Waals surface area contributed by atoms with Crippen molar-refractivity contribution >= 4 is 11.8 Å². The molecule has 1 saturated heterocycles. The molecule has 1 aliphatic rings. The van der Waals surface area contributed by atoms with E-state index in [4.69, 9.17) is 0 Å². The van der Waals surface area contributed by atoms with Gasteiger partial charge in [0.15, 0.2) is 0 Å². The molecule has 1 aliphatic heterocycles. The summed E-state index contributed by atoms with van der Waals surface area (Å²) >= 11 is 0. The number of carbonyl (C=O) groups is 2. The van der Waals surface area contributed by atoms with Crippen LogP contribution in [0.4, 0.5) is 0 Å². The fourth-order valence-corrected chi connectivity index (χ4v) is 1.94. The van der Waals surface area contributed by atoms with Crippen LogP contribution in [-0.4, -0.2) is 48.9 Å². The monoisotopic (exact) mass is 241 g/mol. The maximum Gasteiger partial charge on any atom is 0.244 e. The van der Waals surface area contributed by atoms with E-state index in [9.17, 15) is 9.59 Å². The number of carbonyl (C=O) groups excluding carboxylic acids is 2. The summed E-state index contributed by atoms with van der Waals surface area (Å²) < 4.78 is 0. The summed E-state index contributed by atoms with van der Waals surface area (Å²) in [5, 5.41) is 5.94. The van der Waals surface area contributed by atoms with E-state index in [0.717, 1.165) is 25.8 Å². The average Bonchev–Trinajstić information content (AvgIpc) is 2.37. The van der Waals surface area contributed by atoms with Crippen LogP contribution in [0.1, 0.15) is 33.1 Å². The first-order valence-electron chi connectivity index (χ1n) is 6.35. The Hall–Kier alpha value is -1.10. The van der Waals surface area contributed by atoms with Crippen molar-refractivity contribution in [1.29, 1.82) is 0 Å². The SMILES string of the molecule is CCN(C)C(=O)C(C)NC(=O)[C@H]1CCCCN1. The molecule has 0 aromatic rings. The molecule has 2 atom stereocenters. The Labute approximate surface area is 103 Å². The second kappa shape index (κ2) is 6.59. The normalized spacial score (nSPS) is 21.7. The summed E-state index contributed by atoms with van der Waals surface area (Å²) in [6.07, 6.45) is 3.05. The van der Waals surface area contributed by atoms with Gasteiger partial charge in [-0.1, -0.05) is 6.42 Å².